The molecule has 0 bridgehead atoms. The van der Waals surface area contributed by atoms with Crippen molar-refractivity contribution in [3.63, 3.8) is 0 Å². The van der Waals surface area contributed by atoms with Crippen LogP contribution in [-0.2, 0) is 20.7 Å². The van der Waals surface area contributed by atoms with E-state index in [1.54, 1.807) is 6.26 Å². The summed E-state index contributed by atoms with van der Waals surface area (Å²) < 4.78 is 18.2. The van der Waals surface area contributed by atoms with Crippen LogP contribution in [0.1, 0.15) is 59.9 Å². The second-order valence-corrected chi connectivity index (χ2v) is 8.27. The lowest BCUT2D eigenvalue weighted by Gasteiger charge is -2.32. The number of ether oxygens (including phenoxy) is 1. The summed E-state index contributed by atoms with van der Waals surface area (Å²) in [5.41, 5.74) is 1.87. The van der Waals surface area contributed by atoms with Crippen LogP contribution in [0.4, 0.5) is 0 Å². The molecule has 1 atom stereocenters. The van der Waals surface area contributed by atoms with Gasteiger partial charge in [-0.1, -0.05) is 42.0 Å². The van der Waals surface area contributed by atoms with Crippen molar-refractivity contribution in [2.45, 2.75) is 78.0 Å². The fourth-order valence-corrected chi connectivity index (χ4v) is 2.83. The lowest BCUT2D eigenvalue weighted by atomic mass is 9.69. The molecule has 142 valence electrons. The van der Waals surface area contributed by atoms with E-state index in [4.69, 9.17) is 14.0 Å². The predicted molar refractivity (Wildman–Crippen MR) is 109 cm³/mol. The van der Waals surface area contributed by atoms with Gasteiger partial charge in [-0.05, 0) is 66.0 Å². The number of hydrogen-bond donors (Lipinski definition) is 0. The highest BCUT2D eigenvalue weighted by Gasteiger charge is 2.53. The average molecular weight is 356 g/mol. The highest BCUT2D eigenvalue weighted by molar-refractivity contribution is 6.48. The maximum atomic E-state index is 6.25. The van der Waals surface area contributed by atoms with Gasteiger partial charge in [-0.3, -0.25) is 0 Å². The predicted octanol–water partition coefficient (Wildman–Crippen LogP) is 5.93. The van der Waals surface area contributed by atoms with Gasteiger partial charge in [0.25, 0.3) is 0 Å². The third kappa shape index (κ3) is 5.75. The number of allylic oxidation sites excluding steroid dienone is 3. The first-order valence-electron chi connectivity index (χ1n) is 9.52. The molecule has 1 fully saturated rings. The van der Waals surface area contributed by atoms with Crippen LogP contribution in [0, 0.1) is 0 Å². The summed E-state index contributed by atoms with van der Waals surface area (Å²) in [6.07, 6.45) is 8.11. The molecule has 0 spiro atoms. The molecule has 2 rings (SSSR count). The van der Waals surface area contributed by atoms with Crippen LogP contribution < -0.4 is 0 Å². The Labute approximate surface area is 159 Å². The summed E-state index contributed by atoms with van der Waals surface area (Å²) in [7, 11) is -0.248. The summed E-state index contributed by atoms with van der Waals surface area (Å²) in [4.78, 5) is 0. The van der Waals surface area contributed by atoms with Gasteiger partial charge in [0.05, 0.1) is 17.5 Å². The zero-order valence-corrected chi connectivity index (χ0v) is 17.1. The van der Waals surface area contributed by atoms with Gasteiger partial charge in [-0.25, -0.2) is 0 Å². The minimum Gasteiger partial charge on any atom is -0.497 e. The van der Waals surface area contributed by atoms with Gasteiger partial charge in [0.1, 0.15) is 6.61 Å². The molecule has 26 heavy (non-hydrogen) atoms. The molecule has 0 aliphatic carbocycles. The molecule has 4 heteroatoms. The van der Waals surface area contributed by atoms with Crippen LogP contribution in [0.2, 0.25) is 5.82 Å². The Bertz CT molecular complexity index is 600. The quantitative estimate of drug-likeness (QED) is 0.328. The Morgan fingerprint density at radius 3 is 2.27 bits per heavy atom. The SMILES string of the molecule is CC(C)=CCC[C@@H](/C=C/OCc1ccccc1)B1OC(C)(C)C(C)(C)O1. The second-order valence-electron chi connectivity index (χ2n) is 8.27. The molecule has 1 saturated heterocycles. The van der Waals surface area contributed by atoms with Gasteiger partial charge in [0.15, 0.2) is 0 Å². The van der Waals surface area contributed by atoms with Gasteiger partial charge in [0.2, 0.25) is 0 Å². The highest BCUT2D eigenvalue weighted by Crippen LogP contribution is 2.41. The third-order valence-electron chi connectivity index (χ3n) is 5.19. The van der Waals surface area contributed by atoms with Crippen molar-refractivity contribution in [2.75, 3.05) is 0 Å². The lowest BCUT2D eigenvalue weighted by Crippen LogP contribution is -2.41. The molecule has 0 saturated carbocycles. The largest absolute Gasteiger partial charge is 0.497 e. The summed E-state index contributed by atoms with van der Waals surface area (Å²) >= 11 is 0. The van der Waals surface area contributed by atoms with E-state index in [9.17, 15) is 0 Å². The molecule has 1 heterocycles. The van der Waals surface area contributed by atoms with Crippen molar-refractivity contribution in [3.8, 4) is 0 Å². The summed E-state index contributed by atoms with van der Waals surface area (Å²) in [5, 5.41) is 0. The summed E-state index contributed by atoms with van der Waals surface area (Å²) in [5.74, 6) is 0.155. The van der Waals surface area contributed by atoms with E-state index < -0.39 is 0 Å². The Hall–Kier alpha value is -1.52. The first-order valence-corrected chi connectivity index (χ1v) is 9.52. The maximum absolute atomic E-state index is 6.25. The first-order chi connectivity index (χ1) is 12.2. The van der Waals surface area contributed by atoms with E-state index in [1.807, 2.05) is 18.2 Å². The molecule has 1 aromatic carbocycles. The molecule has 0 amide bonds. The zero-order valence-electron chi connectivity index (χ0n) is 17.1. The molecule has 1 aliphatic heterocycles. The van der Waals surface area contributed by atoms with E-state index in [0.717, 1.165) is 18.4 Å². The lowest BCUT2D eigenvalue weighted by molar-refractivity contribution is 0.00578. The molecular weight excluding hydrogens is 323 g/mol. The molecule has 0 radical (unpaired) electrons. The average Bonchev–Trinajstić information content (AvgIpc) is 2.78. The van der Waals surface area contributed by atoms with Crippen molar-refractivity contribution < 1.29 is 14.0 Å². The van der Waals surface area contributed by atoms with Crippen molar-refractivity contribution in [2.24, 2.45) is 0 Å². The van der Waals surface area contributed by atoms with Crippen molar-refractivity contribution in [1.82, 2.24) is 0 Å². The Balaban J connectivity index is 1.99. The smallest absolute Gasteiger partial charge is 0.465 e. The Morgan fingerprint density at radius 1 is 1.08 bits per heavy atom. The fraction of sp³-hybridized carbons (Fsp3) is 0.545. The van der Waals surface area contributed by atoms with Crippen LogP contribution in [0.25, 0.3) is 0 Å². The van der Waals surface area contributed by atoms with Crippen LogP contribution in [0.15, 0.2) is 54.3 Å². The van der Waals surface area contributed by atoms with E-state index in [0.29, 0.717) is 6.61 Å². The molecule has 0 aromatic heterocycles. The van der Waals surface area contributed by atoms with E-state index in [-0.39, 0.29) is 24.1 Å². The third-order valence-corrected chi connectivity index (χ3v) is 5.19. The van der Waals surface area contributed by atoms with Gasteiger partial charge in [0, 0.05) is 5.82 Å². The highest BCUT2D eigenvalue weighted by atomic mass is 16.7. The first kappa shape index (κ1) is 20.8. The normalized spacial score (nSPS) is 19.5. The molecule has 0 unspecified atom stereocenters. The molecule has 3 nitrogen and oxygen atoms in total. The maximum Gasteiger partial charge on any atom is 0.465 e. The summed E-state index contributed by atoms with van der Waals surface area (Å²) in [6.45, 7) is 13.2. The molecule has 0 N–H and O–H groups in total. The van der Waals surface area contributed by atoms with Crippen LogP contribution in [0.3, 0.4) is 0 Å². The summed E-state index contributed by atoms with van der Waals surface area (Å²) in [6, 6.07) is 10.2. The minimum absolute atomic E-state index is 0.155. The minimum atomic E-state index is -0.314. The fourth-order valence-electron chi connectivity index (χ4n) is 2.83. The van der Waals surface area contributed by atoms with Crippen LogP contribution in [0.5, 0.6) is 0 Å². The Morgan fingerprint density at radius 2 is 1.69 bits per heavy atom. The second kappa shape index (κ2) is 8.92. The monoisotopic (exact) mass is 356 g/mol. The Kier molecular flexibility index (Phi) is 7.13. The molecule has 1 aromatic rings. The van der Waals surface area contributed by atoms with Gasteiger partial charge >= 0.3 is 7.12 Å². The van der Waals surface area contributed by atoms with Crippen molar-refractivity contribution in [1.29, 1.82) is 0 Å². The van der Waals surface area contributed by atoms with Gasteiger partial charge in [-0.2, -0.15) is 0 Å². The van der Waals surface area contributed by atoms with E-state index in [2.05, 4.69) is 65.8 Å². The topological polar surface area (TPSA) is 27.7 Å². The zero-order chi connectivity index (χ0) is 19.2. The van der Waals surface area contributed by atoms with E-state index >= 15 is 0 Å². The number of hydrogen-bond acceptors (Lipinski definition) is 3. The molecular formula is C22H33BO3. The number of rotatable bonds is 8. The van der Waals surface area contributed by atoms with Crippen LogP contribution in [-0.4, -0.2) is 18.3 Å². The standard InChI is InChI=1S/C22H33BO3/c1-18(2)11-10-14-20(23-25-21(3,4)22(5,6)26-23)15-16-24-17-19-12-8-7-9-13-19/h7-9,11-13,15-16,20H,10,14,17H2,1-6H3/b16-15+/t20-/m0/s1. The van der Waals surface area contributed by atoms with Crippen molar-refractivity contribution >= 4 is 7.12 Å². The van der Waals surface area contributed by atoms with Crippen LogP contribution >= 0.6 is 0 Å². The van der Waals surface area contributed by atoms with Crippen molar-refractivity contribution in [3.05, 3.63) is 59.9 Å². The number of benzene rings is 1. The molecule has 1 aliphatic rings. The van der Waals surface area contributed by atoms with Gasteiger partial charge in [-0.15, -0.1) is 0 Å². The van der Waals surface area contributed by atoms with E-state index in [1.165, 1.54) is 5.57 Å². The van der Waals surface area contributed by atoms with Gasteiger partial charge < -0.3 is 14.0 Å².